The molecule has 8 heteroatoms. The van der Waals surface area contributed by atoms with Gasteiger partial charge in [0.1, 0.15) is 5.76 Å². The maximum Gasteiger partial charge on any atom is 0.573 e. The molecule has 0 aliphatic heterocycles. The second-order valence-corrected chi connectivity index (χ2v) is 13.3. The highest BCUT2D eigenvalue weighted by Crippen LogP contribution is 2.41. The monoisotopic (exact) mass is 712 g/mol. The van der Waals surface area contributed by atoms with Crippen molar-refractivity contribution < 1.29 is 17.9 Å². The van der Waals surface area contributed by atoms with Crippen molar-refractivity contribution in [2.45, 2.75) is 25.1 Å². The van der Waals surface area contributed by atoms with Gasteiger partial charge in [-0.2, -0.15) is 5.26 Å². The third-order valence-corrected chi connectivity index (χ3v) is 9.69. The van der Waals surface area contributed by atoms with Crippen LogP contribution in [0.1, 0.15) is 24.5 Å². The average Bonchev–Trinajstić information content (AvgIpc) is 3.21. The van der Waals surface area contributed by atoms with E-state index in [0.717, 1.165) is 55.3 Å². The molecule has 6 aromatic carbocycles. The highest BCUT2D eigenvalue weighted by atomic mass is 19.4. The van der Waals surface area contributed by atoms with Gasteiger partial charge in [0.25, 0.3) is 0 Å². The second-order valence-electron chi connectivity index (χ2n) is 13.3. The zero-order valence-corrected chi connectivity index (χ0v) is 29.0. The number of halogens is 3. The second kappa shape index (κ2) is 13.9. The lowest BCUT2D eigenvalue weighted by Crippen LogP contribution is -2.22. The van der Waals surface area contributed by atoms with Crippen molar-refractivity contribution in [1.82, 2.24) is 15.0 Å². The Labute approximate surface area is 310 Å². The Morgan fingerprint density at radius 2 is 1.11 bits per heavy atom. The highest BCUT2D eigenvalue weighted by Gasteiger charge is 2.34. The predicted molar refractivity (Wildman–Crippen MR) is 206 cm³/mol. The Hall–Kier alpha value is -6.85. The fourth-order valence-corrected chi connectivity index (χ4v) is 6.85. The molecule has 0 saturated carbocycles. The van der Waals surface area contributed by atoms with Crippen LogP contribution in [0.5, 0.6) is 0 Å². The van der Waals surface area contributed by atoms with Crippen molar-refractivity contribution >= 4 is 10.8 Å². The molecule has 0 amide bonds. The molecule has 5 nitrogen and oxygen atoms in total. The highest BCUT2D eigenvalue weighted by molar-refractivity contribution is 6.05. The lowest BCUT2D eigenvalue weighted by molar-refractivity contribution is -0.303. The number of alkyl halides is 3. The average molecular weight is 713 g/mol. The summed E-state index contributed by atoms with van der Waals surface area (Å²) in [6.45, 7) is 1.94. The van der Waals surface area contributed by atoms with Crippen molar-refractivity contribution in [3.63, 3.8) is 0 Å². The summed E-state index contributed by atoms with van der Waals surface area (Å²) in [4.78, 5) is 14.5. The van der Waals surface area contributed by atoms with E-state index in [1.807, 2.05) is 104 Å². The molecular formula is C46H31F3N4O. The molecule has 1 unspecified atom stereocenters. The van der Waals surface area contributed by atoms with Gasteiger partial charge in [-0.15, -0.1) is 13.2 Å². The molecule has 54 heavy (non-hydrogen) atoms. The summed E-state index contributed by atoms with van der Waals surface area (Å²) in [6, 6.07) is 48.1. The summed E-state index contributed by atoms with van der Waals surface area (Å²) < 4.78 is 42.7. The first-order valence-corrected chi connectivity index (χ1v) is 17.4. The van der Waals surface area contributed by atoms with Crippen LogP contribution in [0.3, 0.4) is 0 Å². The zero-order valence-electron chi connectivity index (χ0n) is 29.0. The lowest BCUT2D eigenvalue weighted by Gasteiger charge is -2.29. The first-order valence-electron chi connectivity index (χ1n) is 17.4. The smallest absolute Gasteiger partial charge is 0.406 e. The van der Waals surface area contributed by atoms with Crippen molar-refractivity contribution in [1.29, 1.82) is 5.26 Å². The fourth-order valence-electron chi connectivity index (χ4n) is 6.85. The van der Waals surface area contributed by atoms with Crippen LogP contribution in [0.2, 0.25) is 0 Å². The summed E-state index contributed by atoms with van der Waals surface area (Å²) in [5.74, 6) is 1.52. The zero-order chi connectivity index (χ0) is 37.3. The molecule has 1 aliphatic rings. The van der Waals surface area contributed by atoms with E-state index < -0.39 is 11.8 Å². The Balaban J connectivity index is 1.15. The summed E-state index contributed by atoms with van der Waals surface area (Å²) >= 11 is 0. The SMILES string of the molecule is CC1(c2cc(C#N)cc(-c3ccc(-c4ccc(-c5nc(-c6ccccc6)nc(-c6ccccc6)n5)cc4)c4ccccc34)c2)C=CC(OC(F)(F)F)=CC1. The quantitative estimate of drug-likeness (QED) is 0.164. The summed E-state index contributed by atoms with van der Waals surface area (Å²) in [5, 5.41) is 12.0. The molecule has 262 valence electrons. The van der Waals surface area contributed by atoms with Gasteiger partial charge in [0.15, 0.2) is 17.5 Å². The third-order valence-electron chi connectivity index (χ3n) is 9.69. The van der Waals surface area contributed by atoms with Crippen molar-refractivity contribution in [2.75, 3.05) is 0 Å². The third kappa shape index (κ3) is 7.00. The first kappa shape index (κ1) is 34.2. The molecule has 0 saturated heterocycles. The number of hydrogen-bond donors (Lipinski definition) is 0. The van der Waals surface area contributed by atoms with E-state index in [1.165, 1.54) is 12.2 Å². The Morgan fingerprint density at radius 1 is 0.611 bits per heavy atom. The van der Waals surface area contributed by atoms with Gasteiger partial charge >= 0.3 is 6.36 Å². The molecule has 0 fully saturated rings. The van der Waals surface area contributed by atoms with Gasteiger partial charge in [0, 0.05) is 22.1 Å². The lowest BCUT2D eigenvalue weighted by atomic mass is 9.75. The van der Waals surface area contributed by atoms with Crippen LogP contribution in [0, 0.1) is 11.3 Å². The molecule has 0 spiro atoms. The largest absolute Gasteiger partial charge is 0.573 e. The van der Waals surface area contributed by atoms with Crippen LogP contribution in [0.15, 0.2) is 164 Å². The molecule has 1 aliphatic carbocycles. The van der Waals surface area contributed by atoms with Crippen LogP contribution < -0.4 is 0 Å². The van der Waals surface area contributed by atoms with Gasteiger partial charge in [0.2, 0.25) is 0 Å². The number of rotatable bonds is 7. The van der Waals surface area contributed by atoms with Gasteiger partial charge in [-0.3, -0.25) is 0 Å². The Kier molecular flexibility index (Phi) is 8.84. The van der Waals surface area contributed by atoms with Crippen LogP contribution >= 0.6 is 0 Å². The number of allylic oxidation sites excluding steroid dienone is 3. The minimum absolute atomic E-state index is 0.242. The first-order chi connectivity index (χ1) is 26.2. The standard InChI is InChI=1S/C46H31F3N4O/c1-45(24-22-37(23-25-45)54-46(47,48)49)36-27-30(29-50)26-35(28-36)39-21-20-38(40-14-8-9-15-41(39)40)31-16-18-34(19-17-31)44-52-42(32-10-4-2-5-11-32)51-43(53-44)33-12-6-3-7-13-33/h2-24,26-28H,25H2,1H3. The summed E-state index contributed by atoms with van der Waals surface area (Å²) in [5.41, 5.74) is 7.14. The van der Waals surface area contributed by atoms with Gasteiger partial charge < -0.3 is 4.74 Å². The van der Waals surface area contributed by atoms with E-state index in [-0.39, 0.29) is 12.2 Å². The number of aromatic nitrogens is 3. The Bertz CT molecular complexity index is 2550. The topological polar surface area (TPSA) is 71.7 Å². The molecule has 1 aromatic heterocycles. The molecule has 8 rings (SSSR count). The number of nitrogens with zero attached hydrogens (tertiary/aromatic N) is 4. The van der Waals surface area contributed by atoms with E-state index in [9.17, 15) is 18.4 Å². The van der Waals surface area contributed by atoms with Crippen LogP contribution in [-0.4, -0.2) is 21.3 Å². The maximum atomic E-state index is 12.8. The molecule has 0 bridgehead atoms. The van der Waals surface area contributed by atoms with Gasteiger partial charge in [0.05, 0.1) is 11.6 Å². The van der Waals surface area contributed by atoms with E-state index in [4.69, 9.17) is 15.0 Å². The van der Waals surface area contributed by atoms with Crippen LogP contribution in [0.4, 0.5) is 13.2 Å². The predicted octanol–water partition coefficient (Wildman–Crippen LogP) is 11.9. The summed E-state index contributed by atoms with van der Waals surface area (Å²) in [6.07, 6.45) is 0.00921. The summed E-state index contributed by atoms with van der Waals surface area (Å²) in [7, 11) is 0. The number of nitriles is 1. The van der Waals surface area contributed by atoms with Gasteiger partial charge in [-0.1, -0.05) is 140 Å². The Morgan fingerprint density at radius 3 is 1.61 bits per heavy atom. The molecule has 7 aromatic rings. The molecule has 0 radical (unpaired) electrons. The van der Waals surface area contributed by atoms with Crippen molar-refractivity contribution in [3.05, 3.63) is 175 Å². The van der Waals surface area contributed by atoms with E-state index in [0.29, 0.717) is 23.0 Å². The number of hydrogen-bond acceptors (Lipinski definition) is 5. The molecule has 0 N–H and O–H groups in total. The molecule has 1 atom stereocenters. The van der Waals surface area contributed by atoms with E-state index in [1.54, 1.807) is 12.1 Å². The van der Waals surface area contributed by atoms with Crippen molar-refractivity contribution in [2.24, 2.45) is 0 Å². The number of benzene rings is 6. The molecule has 1 heterocycles. The normalized spacial score (nSPS) is 15.4. The maximum absolute atomic E-state index is 12.8. The number of ether oxygens (including phenoxy) is 1. The van der Waals surface area contributed by atoms with Crippen LogP contribution in [-0.2, 0) is 10.2 Å². The van der Waals surface area contributed by atoms with Crippen LogP contribution in [0.25, 0.3) is 67.2 Å². The van der Waals surface area contributed by atoms with Gasteiger partial charge in [-0.05, 0) is 69.3 Å². The van der Waals surface area contributed by atoms with Gasteiger partial charge in [-0.25, -0.2) is 15.0 Å². The minimum atomic E-state index is -4.76. The fraction of sp³-hybridized carbons (Fsp3) is 0.0870. The minimum Gasteiger partial charge on any atom is -0.406 e. The number of fused-ring (bicyclic) bond motifs is 1. The van der Waals surface area contributed by atoms with E-state index in [2.05, 4.69) is 47.2 Å². The van der Waals surface area contributed by atoms with Crippen molar-refractivity contribution in [3.8, 4) is 62.5 Å². The van der Waals surface area contributed by atoms with E-state index >= 15 is 0 Å². The molecular weight excluding hydrogens is 682 g/mol.